The zero-order valence-electron chi connectivity index (χ0n) is 37.9. The van der Waals surface area contributed by atoms with E-state index in [2.05, 4.69) is 241 Å². The highest BCUT2D eigenvalue weighted by Gasteiger charge is 2.42. The van der Waals surface area contributed by atoms with Gasteiger partial charge in [0.05, 0.1) is 0 Å². The summed E-state index contributed by atoms with van der Waals surface area (Å²) in [6.07, 6.45) is 2.48. The molecule has 10 rings (SSSR count). The topological polar surface area (TPSA) is 8.81 Å². The van der Waals surface area contributed by atoms with E-state index in [4.69, 9.17) is 0 Å². The van der Waals surface area contributed by atoms with Crippen molar-refractivity contribution in [1.82, 2.24) is 4.57 Å². The third kappa shape index (κ3) is 6.84. The van der Waals surface area contributed by atoms with Crippen LogP contribution in [0, 0.1) is 27.7 Å². The third-order valence-electron chi connectivity index (χ3n) is 14.2. The molecule has 0 fully saturated rings. The lowest BCUT2D eigenvalue weighted by molar-refractivity contribution is -0.584. The Bertz CT molecular complexity index is 2800. The Balaban J connectivity index is 1.38. The van der Waals surface area contributed by atoms with Gasteiger partial charge in [-0.05, 0) is 66.5 Å². The third-order valence-corrected chi connectivity index (χ3v) is 14.2. The number of aromatic nitrogens is 2. The van der Waals surface area contributed by atoms with Crippen LogP contribution in [0.15, 0.2) is 176 Å². The summed E-state index contributed by atoms with van der Waals surface area (Å²) < 4.78 is 5.26. The average Bonchev–Trinajstić information content (AvgIpc) is 3.88. The standard InChI is InChI=1S/C61H57N2/c1-38-33-51(42(5)46-21-13-9-14-22-46)58(52(34-38)43(6)47-23-15-10-16-24-47)62-37-63(61-56-41(4)30-32-50-31-29-40(3)55(57(50)56)60(61)62)59-53(44(7)48-25-17-11-18-26-48)35-39(2)36-54(59)45(8)49-27-19-12-20-28-49/h9-37,42-45H,1-8H3/q+1/t42-,43-,44-,45-/m1/s1. The van der Waals surface area contributed by atoms with Crippen LogP contribution < -0.4 is 4.57 Å². The highest BCUT2D eigenvalue weighted by atomic mass is 15.2. The lowest BCUT2D eigenvalue weighted by atomic mass is 9.83. The molecule has 8 aromatic carbocycles. The Labute approximate surface area is 374 Å². The van der Waals surface area contributed by atoms with Crippen molar-refractivity contribution in [2.75, 3.05) is 0 Å². The molecule has 2 nitrogen and oxygen atoms in total. The number of imidazole rings is 1. The van der Waals surface area contributed by atoms with Crippen molar-refractivity contribution in [3.8, 4) is 33.9 Å². The Kier molecular flexibility index (Phi) is 10.3. The zero-order chi connectivity index (χ0) is 43.5. The van der Waals surface area contributed by atoms with E-state index in [-0.39, 0.29) is 23.7 Å². The maximum absolute atomic E-state index is 2.63. The predicted molar refractivity (Wildman–Crippen MR) is 264 cm³/mol. The van der Waals surface area contributed by atoms with Crippen LogP contribution in [0.3, 0.4) is 0 Å². The number of fused-ring (bicyclic) bond motifs is 3. The van der Waals surface area contributed by atoms with E-state index in [0.717, 1.165) is 0 Å². The minimum atomic E-state index is 0.137. The van der Waals surface area contributed by atoms with E-state index in [9.17, 15) is 0 Å². The first kappa shape index (κ1) is 40.3. The van der Waals surface area contributed by atoms with Gasteiger partial charge < -0.3 is 0 Å². The second kappa shape index (κ2) is 16.2. The summed E-state index contributed by atoms with van der Waals surface area (Å²) in [4.78, 5) is 0. The molecule has 2 heteroatoms. The fraction of sp³-hybridized carbons (Fsp3) is 0.197. The predicted octanol–water partition coefficient (Wildman–Crippen LogP) is 15.4. The summed E-state index contributed by atoms with van der Waals surface area (Å²) in [5.74, 6) is 0.550. The Morgan fingerprint density at radius 2 is 0.778 bits per heavy atom. The number of aryl methyl sites for hydroxylation is 4. The molecule has 0 N–H and O–H groups in total. The summed E-state index contributed by atoms with van der Waals surface area (Å²) in [6.45, 7) is 18.8. The summed E-state index contributed by atoms with van der Waals surface area (Å²) >= 11 is 0. The molecule has 0 amide bonds. The second-order valence-electron chi connectivity index (χ2n) is 18.3. The normalized spacial score (nSPS) is 13.8. The van der Waals surface area contributed by atoms with Crippen LogP contribution in [0.25, 0.3) is 44.7 Å². The lowest BCUT2D eigenvalue weighted by Gasteiger charge is -2.24. The Morgan fingerprint density at radius 3 is 1.19 bits per heavy atom. The van der Waals surface area contributed by atoms with Crippen molar-refractivity contribution in [2.45, 2.75) is 79.1 Å². The SMILES string of the molecule is Cc1cc([C@H](C)c2ccccc2)c(-n2c[n+](-c3c([C@H](C)c4ccccc4)cc(C)cc3[C@H](C)c3ccccc3)c3c2-c2c(C)ccc4ccc(C)c-3c24)c([C@H](C)c2ccccc2)c1. The maximum atomic E-state index is 2.63. The van der Waals surface area contributed by atoms with Crippen molar-refractivity contribution in [3.63, 3.8) is 0 Å². The molecule has 1 aliphatic carbocycles. The molecular formula is C61H57N2+. The van der Waals surface area contributed by atoms with Gasteiger partial charge in [0, 0.05) is 62.4 Å². The first-order valence-corrected chi connectivity index (χ1v) is 22.8. The van der Waals surface area contributed by atoms with Gasteiger partial charge in [-0.3, -0.25) is 0 Å². The van der Waals surface area contributed by atoms with E-state index in [1.165, 1.54) is 111 Å². The Hall–Kier alpha value is -6.77. The van der Waals surface area contributed by atoms with E-state index < -0.39 is 0 Å². The number of rotatable bonds is 10. The maximum Gasteiger partial charge on any atom is 0.255 e. The molecule has 1 heterocycles. The quantitative estimate of drug-likeness (QED) is 0.122. The van der Waals surface area contributed by atoms with Crippen LogP contribution >= 0.6 is 0 Å². The van der Waals surface area contributed by atoms with Crippen LogP contribution in [-0.4, -0.2) is 4.57 Å². The van der Waals surface area contributed by atoms with Gasteiger partial charge in [-0.25, -0.2) is 0 Å². The molecular weight excluding hydrogens is 761 g/mol. The molecule has 0 spiro atoms. The molecule has 0 saturated heterocycles. The van der Waals surface area contributed by atoms with Crippen LogP contribution in [-0.2, 0) is 0 Å². The molecule has 310 valence electrons. The van der Waals surface area contributed by atoms with Crippen LogP contribution in [0.4, 0.5) is 0 Å². The minimum absolute atomic E-state index is 0.137. The molecule has 4 atom stereocenters. The molecule has 0 aliphatic heterocycles. The summed E-state index contributed by atoms with van der Waals surface area (Å²) in [5.41, 5.74) is 23.5. The summed E-state index contributed by atoms with van der Waals surface area (Å²) in [5, 5.41) is 2.64. The highest BCUT2D eigenvalue weighted by Crippen LogP contribution is 2.52. The van der Waals surface area contributed by atoms with Gasteiger partial charge in [0.15, 0.2) is 11.4 Å². The molecule has 1 aliphatic rings. The number of nitrogens with zero attached hydrogens (tertiary/aromatic N) is 2. The molecule has 9 aromatic rings. The van der Waals surface area contributed by atoms with E-state index >= 15 is 0 Å². The molecule has 0 saturated carbocycles. The fourth-order valence-corrected chi connectivity index (χ4v) is 10.7. The van der Waals surface area contributed by atoms with Crippen molar-refractivity contribution in [1.29, 1.82) is 0 Å². The van der Waals surface area contributed by atoms with Gasteiger partial charge in [0.25, 0.3) is 6.33 Å². The smallest absolute Gasteiger partial charge is 0.193 e. The molecule has 0 unspecified atom stereocenters. The number of hydrogen-bond donors (Lipinski definition) is 0. The van der Waals surface area contributed by atoms with Crippen molar-refractivity contribution in [3.05, 3.63) is 243 Å². The first-order valence-electron chi connectivity index (χ1n) is 22.8. The minimum Gasteiger partial charge on any atom is -0.193 e. The molecule has 0 bridgehead atoms. The zero-order valence-corrected chi connectivity index (χ0v) is 37.9. The lowest BCUT2D eigenvalue weighted by Crippen LogP contribution is -2.35. The van der Waals surface area contributed by atoms with E-state index in [0.29, 0.717) is 0 Å². The van der Waals surface area contributed by atoms with Crippen LogP contribution in [0.5, 0.6) is 0 Å². The highest BCUT2D eigenvalue weighted by molar-refractivity contribution is 6.15. The molecule has 63 heavy (non-hydrogen) atoms. The van der Waals surface area contributed by atoms with Gasteiger partial charge >= 0.3 is 0 Å². The van der Waals surface area contributed by atoms with Gasteiger partial charge in [0.1, 0.15) is 11.4 Å². The van der Waals surface area contributed by atoms with E-state index in [1.807, 2.05) is 0 Å². The van der Waals surface area contributed by atoms with Gasteiger partial charge in [-0.15, -0.1) is 0 Å². The molecule has 1 aromatic heterocycles. The van der Waals surface area contributed by atoms with Crippen molar-refractivity contribution >= 4 is 10.8 Å². The van der Waals surface area contributed by atoms with Gasteiger partial charge in [-0.2, -0.15) is 9.13 Å². The van der Waals surface area contributed by atoms with Crippen molar-refractivity contribution in [2.24, 2.45) is 0 Å². The molecule has 0 radical (unpaired) electrons. The van der Waals surface area contributed by atoms with Gasteiger partial charge in [0.2, 0.25) is 0 Å². The van der Waals surface area contributed by atoms with E-state index in [1.54, 1.807) is 0 Å². The second-order valence-corrected chi connectivity index (χ2v) is 18.3. The van der Waals surface area contributed by atoms with Crippen LogP contribution in [0.2, 0.25) is 0 Å². The summed E-state index contributed by atoms with van der Waals surface area (Å²) in [7, 11) is 0. The fourth-order valence-electron chi connectivity index (χ4n) is 10.7. The van der Waals surface area contributed by atoms with Gasteiger partial charge in [-0.1, -0.05) is 209 Å². The first-order chi connectivity index (χ1) is 30.6. The largest absolute Gasteiger partial charge is 0.255 e. The Morgan fingerprint density at radius 1 is 0.413 bits per heavy atom. The number of hydrogen-bond acceptors (Lipinski definition) is 0. The van der Waals surface area contributed by atoms with Crippen molar-refractivity contribution < 1.29 is 4.57 Å². The average molecular weight is 818 g/mol. The van der Waals surface area contributed by atoms with Crippen LogP contribution in [0.1, 0.15) is 118 Å². The summed E-state index contributed by atoms with van der Waals surface area (Å²) in [6, 6.07) is 63.5. The number of benzene rings is 8. The monoisotopic (exact) mass is 817 g/mol.